The Morgan fingerprint density at radius 1 is 1.28 bits per heavy atom. The van der Waals surface area contributed by atoms with Crippen molar-refractivity contribution >= 4 is 11.9 Å². The summed E-state index contributed by atoms with van der Waals surface area (Å²) >= 11 is 0. The first-order valence-corrected chi connectivity index (χ1v) is 8.29. The van der Waals surface area contributed by atoms with Gasteiger partial charge in [0.15, 0.2) is 0 Å². The van der Waals surface area contributed by atoms with E-state index in [-0.39, 0.29) is 30.8 Å². The Morgan fingerprint density at radius 2 is 1.92 bits per heavy atom. The molecule has 4 nitrogen and oxygen atoms in total. The maximum Gasteiger partial charge on any atom is 0.416 e. The van der Waals surface area contributed by atoms with Gasteiger partial charge in [-0.2, -0.15) is 13.2 Å². The fourth-order valence-corrected chi connectivity index (χ4v) is 2.73. The van der Waals surface area contributed by atoms with Crippen molar-refractivity contribution in [3.63, 3.8) is 0 Å². The van der Waals surface area contributed by atoms with E-state index in [0.717, 1.165) is 25.0 Å². The summed E-state index contributed by atoms with van der Waals surface area (Å²) < 4.78 is 38.5. The van der Waals surface area contributed by atoms with E-state index >= 15 is 0 Å². The van der Waals surface area contributed by atoms with Crippen LogP contribution in [0.5, 0.6) is 0 Å². The maximum atomic E-state index is 12.8. The number of alkyl halides is 3. The van der Waals surface area contributed by atoms with Crippen molar-refractivity contribution in [2.75, 3.05) is 6.54 Å². The Morgan fingerprint density at radius 3 is 2.44 bits per heavy atom. The van der Waals surface area contributed by atoms with Crippen LogP contribution < -0.4 is 0 Å². The number of carbonyl (C=O) groups excluding carboxylic acids is 1. The molecule has 1 aromatic rings. The number of nitrogens with zero attached hydrogens (tertiary/aromatic N) is 1. The largest absolute Gasteiger partial charge is 0.481 e. The van der Waals surface area contributed by atoms with Gasteiger partial charge >= 0.3 is 12.1 Å². The summed E-state index contributed by atoms with van der Waals surface area (Å²) in [7, 11) is 0. The second-order valence-corrected chi connectivity index (χ2v) is 6.74. The van der Waals surface area contributed by atoms with E-state index in [0.29, 0.717) is 5.56 Å². The van der Waals surface area contributed by atoms with Crippen molar-refractivity contribution in [1.29, 1.82) is 0 Å². The molecule has 1 aromatic carbocycles. The van der Waals surface area contributed by atoms with Crippen LogP contribution in [0.4, 0.5) is 13.2 Å². The molecule has 2 atom stereocenters. The van der Waals surface area contributed by atoms with E-state index in [4.69, 9.17) is 5.11 Å². The SMILES string of the molecule is CC(CN(C(=O)CC(C)c1cccc(C(F)(F)F)c1)C1CC1)C(=O)O. The first kappa shape index (κ1) is 19.3. The fourth-order valence-electron chi connectivity index (χ4n) is 2.73. The molecule has 1 aliphatic carbocycles. The molecule has 0 radical (unpaired) electrons. The molecule has 0 aliphatic heterocycles. The Bertz CT molecular complexity index is 641. The number of carboxylic acids is 1. The first-order chi connectivity index (χ1) is 11.6. The molecule has 1 fully saturated rings. The molecule has 1 aliphatic rings. The third kappa shape index (κ3) is 5.21. The first-order valence-electron chi connectivity index (χ1n) is 8.29. The zero-order chi connectivity index (χ0) is 18.8. The number of carbonyl (C=O) groups is 2. The molecule has 2 rings (SSSR count). The zero-order valence-corrected chi connectivity index (χ0v) is 14.2. The van der Waals surface area contributed by atoms with Gasteiger partial charge in [-0.3, -0.25) is 9.59 Å². The minimum atomic E-state index is -4.42. The topological polar surface area (TPSA) is 57.6 Å². The van der Waals surface area contributed by atoms with Crippen LogP contribution >= 0.6 is 0 Å². The second kappa shape index (κ2) is 7.45. The smallest absolute Gasteiger partial charge is 0.416 e. The molecule has 1 saturated carbocycles. The summed E-state index contributed by atoms with van der Waals surface area (Å²) in [5.41, 5.74) is -0.284. The van der Waals surface area contributed by atoms with Crippen LogP contribution in [0.15, 0.2) is 24.3 Å². The van der Waals surface area contributed by atoms with Crippen LogP contribution in [-0.4, -0.2) is 34.5 Å². The molecule has 1 amide bonds. The van der Waals surface area contributed by atoms with E-state index in [1.165, 1.54) is 6.07 Å². The van der Waals surface area contributed by atoms with Gasteiger partial charge in [0.05, 0.1) is 11.5 Å². The average Bonchev–Trinajstić information content (AvgIpc) is 3.36. The number of rotatable bonds is 7. The minimum Gasteiger partial charge on any atom is -0.481 e. The highest BCUT2D eigenvalue weighted by atomic mass is 19.4. The van der Waals surface area contributed by atoms with Gasteiger partial charge in [-0.1, -0.05) is 32.0 Å². The summed E-state index contributed by atoms with van der Waals surface area (Å²) in [4.78, 5) is 25.2. The van der Waals surface area contributed by atoms with Gasteiger partial charge in [0.25, 0.3) is 0 Å². The Kier molecular flexibility index (Phi) is 5.75. The molecule has 0 aromatic heterocycles. The lowest BCUT2D eigenvalue weighted by Crippen LogP contribution is -2.39. The van der Waals surface area contributed by atoms with Gasteiger partial charge in [-0.15, -0.1) is 0 Å². The van der Waals surface area contributed by atoms with Crippen LogP contribution in [0.2, 0.25) is 0 Å². The summed E-state index contributed by atoms with van der Waals surface area (Å²) in [5.74, 6) is -2.23. The lowest BCUT2D eigenvalue weighted by Gasteiger charge is -2.26. The van der Waals surface area contributed by atoms with E-state index < -0.39 is 23.6 Å². The average molecular weight is 357 g/mol. The zero-order valence-electron chi connectivity index (χ0n) is 14.2. The monoisotopic (exact) mass is 357 g/mol. The molecule has 0 saturated heterocycles. The highest BCUT2D eigenvalue weighted by molar-refractivity contribution is 5.79. The number of aliphatic carboxylic acids is 1. The predicted molar refractivity (Wildman–Crippen MR) is 86.0 cm³/mol. The standard InChI is InChI=1S/C18H22F3NO3/c1-11(13-4-3-5-14(9-13)18(19,20)21)8-16(23)22(15-6-7-15)10-12(2)17(24)25/h3-5,9,11-12,15H,6-8,10H2,1-2H3,(H,24,25). The third-order valence-electron chi connectivity index (χ3n) is 4.46. The molecule has 2 unspecified atom stereocenters. The van der Waals surface area contributed by atoms with Crippen LogP contribution in [-0.2, 0) is 15.8 Å². The number of halogens is 3. The van der Waals surface area contributed by atoms with Gasteiger partial charge < -0.3 is 10.0 Å². The Labute approximate surface area is 144 Å². The van der Waals surface area contributed by atoms with Gasteiger partial charge in [-0.05, 0) is 30.4 Å². The van der Waals surface area contributed by atoms with Crippen LogP contribution in [0.3, 0.4) is 0 Å². The summed E-state index contributed by atoms with van der Waals surface area (Å²) in [6.45, 7) is 3.38. The molecule has 138 valence electrons. The molecule has 7 heteroatoms. The van der Waals surface area contributed by atoms with E-state index in [9.17, 15) is 22.8 Å². The number of carboxylic acid groups (broad SMARTS) is 1. The molecule has 0 heterocycles. The highest BCUT2D eigenvalue weighted by Crippen LogP contribution is 2.33. The van der Waals surface area contributed by atoms with E-state index in [2.05, 4.69) is 0 Å². The van der Waals surface area contributed by atoms with Gasteiger partial charge in [0.1, 0.15) is 0 Å². The van der Waals surface area contributed by atoms with Gasteiger partial charge in [0, 0.05) is 19.0 Å². The molecule has 0 bridgehead atoms. The molecule has 1 N–H and O–H groups in total. The summed E-state index contributed by atoms with van der Waals surface area (Å²) in [6, 6.07) is 5.05. The van der Waals surface area contributed by atoms with Crippen molar-refractivity contribution < 1.29 is 27.9 Å². The van der Waals surface area contributed by atoms with Crippen molar-refractivity contribution in [3.8, 4) is 0 Å². The van der Waals surface area contributed by atoms with Gasteiger partial charge in [-0.25, -0.2) is 0 Å². The van der Waals surface area contributed by atoms with Crippen molar-refractivity contribution in [1.82, 2.24) is 4.90 Å². The van der Waals surface area contributed by atoms with Crippen LogP contribution in [0.25, 0.3) is 0 Å². The lowest BCUT2D eigenvalue weighted by molar-refractivity contribution is -0.143. The van der Waals surface area contributed by atoms with E-state index in [1.54, 1.807) is 24.8 Å². The number of benzene rings is 1. The molecule has 0 spiro atoms. The van der Waals surface area contributed by atoms with Gasteiger partial charge in [0.2, 0.25) is 5.91 Å². The molecular weight excluding hydrogens is 335 g/mol. The highest BCUT2D eigenvalue weighted by Gasteiger charge is 2.35. The second-order valence-electron chi connectivity index (χ2n) is 6.74. The van der Waals surface area contributed by atoms with Crippen molar-refractivity contribution in [2.24, 2.45) is 5.92 Å². The normalized spacial score (nSPS) is 17.0. The summed E-state index contributed by atoms with van der Waals surface area (Å²) in [5, 5.41) is 9.04. The number of amides is 1. The van der Waals surface area contributed by atoms with Crippen molar-refractivity contribution in [3.05, 3.63) is 35.4 Å². The van der Waals surface area contributed by atoms with Crippen molar-refractivity contribution in [2.45, 2.75) is 51.2 Å². The number of hydrogen-bond acceptors (Lipinski definition) is 2. The van der Waals surface area contributed by atoms with Crippen LogP contribution in [0, 0.1) is 5.92 Å². The predicted octanol–water partition coefficient (Wildman–Crippen LogP) is 3.91. The minimum absolute atomic E-state index is 0.0583. The maximum absolute atomic E-state index is 12.8. The third-order valence-corrected chi connectivity index (χ3v) is 4.46. The summed E-state index contributed by atoms with van der Waals surface area (Å²) in [6.07, 6.45) is -2.67. The lowest BCUT2D eigenvalue weighted by atomic mass is 9.95. The Balaban J connectivity index is 2.06. The Hall–Kier alpha value is -2.05. The quantitative estimate of drug-likeness (QED) is 0.805. The molecule has 25 heavy (non-hydrogen) atoms. The fraction of sp³-hybridized carbons (Fsp3) is 0.556. The molecular formula is C18H22F3NO3. The van der Waals surface area contributed by atoms with Crippen LogP contribution in [0.1, 0.15) is 50.2 Å². The number of hydrogen-bond donors (Lipinski definition) is 1. The van der Waals surface area contributed by atoms with E-state index in [1.807, 2.05) is 0 Å².